The summed E-state index contributed by atoms with van der Waals surface area (Å²) in [4.78, 5) is 21.5. The van der Waals surface area contributed by atoms with E-state index < -0.39 is 5.97 Å². The minimum atomic E-state index is -1.10. The number of anilines is 2. The predicted molar refractivity (Wildman–Crippen MR) is 102 cm³/mol. The van der Waals surface area contributed by atoms with Crippen LogP contribution in [0.4, 0.5) is 11.6 Å². The van der Waals surface area contributed by atoms with Crippen LogP contribution in [0.3, 0.4) is 0 Å². The number of benzene rings is 1. The predicted octanol–water partition coefficient (Wildman–Crippen LogP) is 2.38. The topological polar surface area (TPSA) is 133 Å². The number of carboxylic acid groups (broad SMARTS) is 1. The number of carboxylic acids is 1. The fraction of sp³-hybridized carbons (Fsp3) is 0.167. The maximum atomic E-state index is 11.2. The molecule has 0 bridgehead atoms. The third-order valence-electron chi connectivity index (χ3n) is 4.10. The van der Waals surface area contributed by atoms with Gasteiger partial charge in [-0.15, -0.1) is 0 Å². The lowest BCUT2D eigenvalue weighted by Crippen LogP contribution is -2.10. The smallest absolute Gasteiger partial charge is 0.357 e. The van der Waals surface area contributed by atoms with Gasteiger partial charge in [-0.3, -0.25) is 5.10 Å². The molecule has 4 aromatic rings. The number of aromatic carboxylic acids is 1. The number of carbonyl (C=O) groups is 1. The highest BCUT2D eigenvalue weighted by Gasteiger charge is 2.14. The van der Waals surface area contributed by atoms with E-state index in [9.17, 15) is 9.90 Å². The molecule has 0 spiro atoms. The normalized spacial score (nSPS) is 10.9. The van der Waals surface area contributed by atoms with Gasteiger partial charge in [-0.2, -0.15) is 10.1 Å². The molecule has 4 rings (SSSR count). The Morgan fingerprint density at radius 3 is 2.93 bits per heavy atom. The van der Waals surface area contributed by atoms with Crippen molar-refractivity contribution in [2.75, 3.05) is 24.3 Å². The Morgan fingerprint density at radius 2 is 2.18 bits per heavy atom. The van der Waals surface area contributed by atoms with E-state index in [1.807, 2.05) is 38.4 Å². The van der Waals surface area contributed by atoms with Crippen LogP contribution >= 0.6 is 0 Å². The van der Waals surface area contributed by atoms with Crippen LogP contribution in [0.2, 0.25) is 0 Å². The van der Waals surface area contributed by atoms with Crippen LogP contribution in [0.1, 0.15) is 16.1 Å². The molecule has 0 radical (unpaired) electrons. The molecule has 0 fully saturated rings. The maximum Gasteiger partial charge on any atom is 0.357 e. The van der Waals surface area contributed by atoms with E-state index >= 15 is 0 Å². The molecule has 3 aromatic heterocycles. The van der Waals surface area contributed by atoms with E-state index in [1.165, 1.54) is 0 Å². The highest BCUT2D eigenvalue weighted by molar-refractivity contribution is 6.00. The highest BCUT2D eigenvalue weighted by Crippen LogP contribution is 2.22. The first-order chi connectivity index (χ1) is 13.5. The van der Waals surface area contributed by atoms with Crippen molar-refractivity contribution >= 4 is 28.6 Å². The summed E-state index contributed by atoms with van der Waals surface area (Å²) < 4.78 is 5.31. The number of hydrogen-bond donors (Lipinski definition) is 3. The molecular weight excluding hydrogens is 362 g/mol. The summed E-state index contributed by atoms with van der Waals surface area (Å²) in [6.07, 6.45) is 1.62. The monoisotopic (exact) mass is 379 g/mol. The number of pyridine rings is 1. The van der Waals surface area contributed by atoms with Gasteiger partial charge in [0.1, 0.15) is 0 Å². The van der Waals surface area contributed by atoms with Gasteiger partial charge in [-0.05, 0) is 28.9 Å². The molecule has 0 unspecified atom stereocenters. The Kier molecular flexibility index (Phi) is 4.36. The molecule has 3 heterocycles. The van der Waals surface area contributed by atoms with E-state index in [1.54, 1.807) is 17.2 Å². The molecule has 0 amide bonds. The quantitative estimate of drug-likeness (QED) is 0.461. The molecule has 0 saturated carbocycles. The van der Waals surface area contributed by atoms with Crippen LogP contribution in [-0.2, 0) is 6.54 Å². The number of aromatic nitrogens is 5. The summed E-state index contributed by atoms with van der Waals surface area (Å²) in [6.45, 7) is 0.510. The molecule has 10 nitrogen and oxygen atoms in total. The number of rotatable bonds is 6. The molecule has 1 aromatic carbocycles. The Labute approximate surface area is 159 Å². The average molecular weight is 379 g/mol. The van der Waals surface area contributed by atoms with E-state index in [0.29, 0.717) is 35.1 Å². The largest absolute Gasteiger partial charge is 0.476 e. The van der Waals surface area contributed by atoms with Gasteiger partial charge < -0.3 is 19.8 Å². The lowest BCUT2D eigenvalue weighted by Gasteiger charge is -2.07. The molecule has 0 aliphatic heterocycles. The molecule has 0 atom stereocenters. The zero-order chi connectivity index (χ0) is 19.7. The Bertz CT molecular complexity index is 1150. The van der Waals surface area contributed by atoms with E-state index in [2.05, 4.69) is 30.6 Å². The first-order valence-electron chi connectivity index (χ1n) is 8.43. The average Bonchev–Trinajstić information content (AvgIpc) is 3.33. The molecule has 10 heteroatoms. The number of nitrogens with one attached hydrogen (secondary N) is 2. The molecule has 0 saturated heterocycles. The van der Waals surface area contributed by atoms with Crippen molar-refractivity contribution in [3.8, 4) is 11.5 Å². The molecule has 3 N–H and O–H groups in total. The van der Waals surface area contributed by atoms with E-state index in [-0.39, 0.29) is 5.69 Å². The summed E-state index contributed by atoms with van der Waals surface area (Å²) in [7, 11) is 3.69. The summed E-state index contributed by atoms with van der Waals surface area (Å²) in [5.74, 6) is -0.153. The zero-order valence-electron chi connectivity index (χ0n) is 15.2. The van der Waals surface area contributed by atoms with Crippen LogP contribution < -0.4 is 10.2 Å². The number of aromatic amines is 1. The molecule has 0 aliphatic carbocycles. The van der Waals surface area contributed by atoms with Crippen molar-refractivity contribution in [3.63, 3.8) is 0 Å². The maximum absolute atomic E-state index is 11.2. The minimum absolute atomic E-state index is 0.0544. The van der Waals surface area contributed by atoms with Crippen molar-refractivity contribution in [2.24, 2.45) is 0 Å². The number of H-pyrrole nitrogens is 1. The number of hydrogen-bond acceptors (Lipinski definition) is 8. The lowest BCUT2D eigenvalue weighted by atomic mass is 10.1. The van der Waals surface area contributed by atoms with Crippen molar-refractivity contribution in [3.05, 3.63) is 47.8 Å². The molecular formula is C18H17N7O3. The van der Waals surface area contributed by atoms with Gasteiger partial charge in [0.15, 0.2) is 11.3 Å². The first kappa shape index (κ1) is 17.5. The Balaban J connectivity index is 1.53. The highest BCUT2D eigenvalue weighted by atomic mass is 16.5. The second kappa shape index (κ2) is 6.99. The number of nitrogens with zero attached hydrogens (tertiary/aromatic N) is 5. The van der Waals surface area contributed by atoms with E-state index in [4.69, 9.17) is 4.52 Å². The zero-order valence-corrected chi connectivity index (χ0v) is 15.2. The van der Waals surface area contributed by atoms with Crippen LogP contribution in [0.5, 0.6) is 0 Å². The van der Waals surface area contributed by atoms with Crippen molar-refractivity contribution in [1.29, 1.82) is 0 Å². The summed E-state index contributed by atoms with van der Waals surface area (Å²) in [5, 5.41) is 23.2. The standard InChI is InChI=1S/C18H17N7O3/c1-25(2)18-21-16(28-24-18)11-5-3-4-10(6-11)8-19-12-7-13-14(17(26)27)22-23-15(13)20-9-12/h3-7,9,19H,8H2,1-2H3,(H,26,27)(H,20,22,23). The second-order valence-electron chi connectivity index (χ2n) is 6.35. The summed E-state index contributed by atoms with van der Waals surface area (Å²) in [5.41, 5.74) is 2.87. The van der Waals surface area contributed by atoms with Crippen LogP contribution in [0.25, 0.3) is 22.5 Å². The van der Waals surface area contributed by atoms with Gasteiger partial charge in [0.05, 0.1) is 17.3 Å². The number of fused-ring (bicyclic) bond motifs is 1. The van der Waals surface area contributed by atoms with Gasteiger partial charge >= 0.3 is 5.97 Å². The third kappa shape index (κ3) is 3.34. The van der Waals surface area contributed by atoms with Crippen molar-refractivity contribution < 1.29 is 14.4 Å². The van der Waals surface area contributed by atoms with Gasteiger partial charge in [0.2, 0.25) is 0 Å². The van der Waals surface area contributed by atoms with Gasteiger partial charge in [-0.1, -0.05) is 12.1 Å². The molecule has 0 aliphatic rings. The Morgan fingerprint density at radius 1 is 1.32 bits per heavy atom. The molecule has 28 heavy (non-hydrogen) atoms. The molecule has 142 valence electrons. The van der Waals surface area contributed by atoms with Crippen molar-refractivity contribution in [1.82, 2.24) is 25.3 Å². The van der Waals surface area contributed by atoms with Crippen molar-refractivity contribution in [2.45, 2.75) is 6.54 Å². The second-order valence-corrected chi connectivity index (χ2v) is 6.35. The first-order valence-corrected chi connectivity index (χ1v) is 8.43. The lowest BCUT2D eigenvalue weighted by molar-refractivity contribution is 0.0692. The van der Waals surface area contributed by atoms with Gasteiger partial charge in [-0.25, -0.2) is 9.78 Å². The minimum Gasteiger partial charge on any atom is -0.476 e. The third-order valence-corrected chi connectivity index (χ3v) is 4.10. The van der Waals surface area contributed by atoms with Gasteiger partial charge in [0, 0.05) is 26.2 Å². The fourth-order valence-electron chi connectivity index (χ4n) is 2.70. The fourth-order valence-corrected chi connectivity index (χ4v) is 2.70. The SMILES string of the molecule is CN(C)c1noc(-c2cccc(CNc3cnc4[nH]nc(C(=O)O)c4c3)c2)n1. The van der Waals surface area contributed by atoms with Gasteiger partial charge in [0.25, 0.3) is 11.8 Å². The van der Waals surface area contributed by atoms with Crippen LogP contribution in [0.15, 0.2) is 41.1 Å². The van der Waals surface area contributed by atoms with Crippen LogP contribution in [-0.4, -0.2) is 50.5 Å². The Hall–Kier alpha value is -3.95. The summed E-state index contributed by atoms with van der Waals surface area (Å²) >= 11 is 0. The van der Waals surface area contributed by atoms with E-state index in [0.717, 1.165) is 11.1 Å². The van der Waals surface area contributed by atoms with Crippen LogP contribution in [0, 0.1) is 0 Å². The summed E-state index contributed by atoms with van der Waals surface area (Å²) in [6, 6.07) is 9.43.